The molecule has 0 aliphatic heterocycles. The lowest BCUT2D eigenvalue weighted by atomic mass is 10.1. The number of rotatable bonds is 4. The Morgan fingerprint density at radius 3 is 2.50 bits per heavy atom. The number of halogens is 1. The number of oxazole rings is 1. The number of amides is 1. The number of carbonyl (C=O) groups excluding carboxylic acids is 1. The normalized spacial score (nSPS) is 11.0. The maximum Gasteiger partial charge on any atom is 0.253 e. The molecule has 1 amide bonds. The van der Waals surface area contributed by atoms with E-state index in [1.54, 1.807) is 24.3 Å². The standard InChI is InChI=1S/C23H19ClN2O2/c1-14-11-20-21(12-15(14)2)28-23(26-20)17-9-7-16(8-10-17)13-25-22(27)18-5-3-4-6-19(18)24/h3-12H,13H2,1-2H3,(H,25,27). The molecule has 0 aliphatic rings. The Morgan fingerprint density at radius 2 is 1.75 bits per heavy atom. The lowest BCUT2D eigenvalue weighted by Crippen LogP contribution is -2.23. The van der Waals surface area contributed by atoms with Crippen LogP contribution in [-0.4, -0.2) is 10.9 Å². The third-order valence-corrected chi connectivity index (χ3v) is 5.11. The van der Waals surface area contributed by atoms with Crippen LogP contribution >= 0.6 is 11.6 Å². The summed E-state index contributed by atoms with van der Waals surface area (Å²) >= 11 is 6.06. The molecule has 0 unspecified atom stereocenters. The number of nitrogens with zero attached hydrogens (tertiary/aromatic N) is 1. The third kappa shape index (κ3) is 3.64. The SMILES string of the molecule is Cc1cc2nc(-c3ccc(CNC(=O)c4ccccc4Cl)cc3)oc2cc1C. The smallest absolute Gasteiger partial charge is 0.253 e. The predicted octanol–water partition coefficient (Wildman–Crippen LogP) is 5.70. The molecule has 1 heterocycles. The number of benzene rings is 3. The number of hydrogen-bond acceptors (Lipinski definition) is 3. The molecule has 0 spiro atoms. The monoisotopic (exact) mass is 390 g/mol. The van der Waals surface area contributed by atoms with Gasteiger partial charge < -0.3 is 9.73 Å². The van der Waals surface area contributed by atoms with Crippen LogP contribution in [0.2, 0.25) is 5.02 Å². The van der Waals surface area contributed by atoms with Crippen molar-refractivity contribution >= 4 is 28.6 Å². The van der Waals surface area contributed by atoms with Gasteiger partial charge in [-0.25, -0.2) is 4.98 Å². The van der Waals surface area contributed by atoms with Crippen molar-refractivity contribution in [1.29, 1.82) is 0 Å². The highest BCUT2D eigenvalue weighted by Gasteiger charge is 2.11. The Labute approximate surface area is 168 Å². The fourth-order valence-corrected chi connectivity index (χ4v) is 3.21. The molecule has 3 aromatic carbocycles. The molecule has 28 heavy (non-hydrogen) atoms. The van der Waals surface area contributed by atoms with E-state index >= 15 is 0 Å². The number of fused-ring (bicyclic) bond motifs is 1. The first-order chi connectivity index (χ1) is 13.5. The Kier molecular flexibility index (Phi) is 4.88. The van der Waals surface area contributed by atoms with Crippen molar-refractivity contribution in [3.63, 3.8) is 0 Å². The van der Waals surface area contributed by atoms with Gasteiger partial charge in [-0.1, -0.05) is 35.9 Å². The van der Waals surface area contributed by atoms with Gasteiger partial charge >= 0.3 is 0 Å². The zero-order valence-electron chi connectivity index (χ0n) is 15.6. The van der Waals surface area contributed by atoms with Crippen molar-refractivity contribution in [2.45, 2.75) is 20.4 Å². The number of nitrogens with one attached hydrogen (secondary N) is 1. The largest absolute Gasteiger partial charge is 0.436 e. The second-order valence-corrected chi connectivity index (χ2v) is 7.19. The van der Waals surface area contributed by atoms with E-state index in [-0.39, 0.29) is 5.91 Å². The second kappa shape index (κ2) is 7.49. The van der Waals surface area contributed by atoms with E-state index < -0.39 is 0 Å². The predicted molar refractivity (Wildman–Crippen MR) is 112 cm³/mol. The van der Waals surface area contributed by atoms with Crippen molar-refractivity contribution in [2.75, 3.05) is 0 Å². The molecule has 0 saturated carbocycles. The maximum absolute atomic E-state index is 12.3. The van der Waals surface area contributed by atoms with E-state index in [4.69, 9.17) is 16.0 Å². The van der Waals surface area contributed by atoms with Crippen LogP contribution in [0.1, 0.15) is 27.0 Å². The summed E-state index contributed by atoms with van der Waals surface area (Å²) in [6.45, 7) is 4.54. The van der Waals surface area contributed by atoms with E-state index in [0.717, 1.165) is 22.2 Å². The average molecular weight is 391 g/mol. The second-order valence-electron chi connectivity index (χ2n) is 6.78. The van der Waals surface area contributed by atoms with Crippen LogP contribution < -0.4 is 5.32 Å². The third-order valence-electron chi connectivity index (χ3n) is 4.78. The van der Waals surface area contributed by atoms with Crippen molar-refractivity contribution in [3.05, 3.63) is 87.9 Å². The molecule has 0 bridgehead atoms. The first-order valence-electron chi connectivity index (χ1n) is 9.01. The van der Waals surface area contributed by atoms with Crippen LogP contribution in [0.3, 0.4) is 0 Å². The molecule has 0 aliphatic carbocycles. The minimum Gasteiger partial charge on any atom is -0.436 e. The highest BCUT2D eigenvalue weighted by atomic mass is 35.5. The molecule has 4 rings (SSSR count). The van der Waals surface area contributed by atoms with Crippen LogP contribution in [-0.2, 0) is 6.54 Å². The zero-order valence-corrected chi connectivity index (χ0v) is 16.4. The van der Waals surface area contributed by atoms with Gasteiger partial charge in [0.05, 0.1) is 10.6 Å². The molecule has 1 aromatic heterocycles. The summed E-state index contributed by atoms with van der Waals surface area (Å²) in [5.74, 6) is 0.394. The van der Waals surface area contributed by atoms with E-state index in [1.165, 1.54) is 11.1 Å². The minimum atomic E-state index is -0.195. The van der Waals surface area contributed by atoms with Gasteiger partial charge in [0.15, 0.2) is 5.58 Å². The molecular formula is C23H19ClN2O2. The Bertz CT molecular complexity index is 1120. The van der Waals surface area contributed by atoms with E-state index in [2.05, 4.69) is 24.1 Å². The van der Waals surface area contributed by atoms with Gasteiger partial charge in [-0.05, 0) is 66.9 Å². The molecule has 4 aromatic rings. The number of hydrogen-bond donors (Lipinski definition) is 1. The molecule has 4 nitrogen and oxygen atoms in total. The summed E-state index contributed by atoms with van der Waals surface area (Å²) in [6.07, 6.45) is 0. The summed E-state index contributed by atoms with van der Waals surface area (Å²) in [4.78, 5) is 16.8. The van der Waals surface area contributed by atoms with Gasteiger partial charge in [0.2, 0.25) is 5.89 Å². The minimum absolute atomic E-state index is 0.195. The summed E-state index contributed by atoms with van der Waals surface area (Å²) in [7, 11) is 0. The topological polar surface area (TPSA) is 55.1 Å². The van der Waals surface area contributed by atoms with E-state index in [9.17, 15) is 4.79 Å². The molecule has 1 N–H and O–H groups in total. The average Bonchev–Trinajstić information content (AvgIpc) is 3.10. The van der Waals surface area contributed by atoms with Crippen molar-refractivity contribution < 1.29 is 9.21 Å². The van der Waals surface area contributed by atoms with E-state index in [1.807, 2.05) is 36.4 Å². The van der Waals surface area contributed by atoms with Crippen molar-refractivity contribution in [3.8, 4) is 11.5 Å². The first kappa shape index (κ1) is 18.3. The fourth-order valence-electron chi connectivity index (χ4n) is 2.99. The number of carbonyl (C=O) groups is 1. The molecule has 5 heteroatoms. The van der Waals surface area contributed by atoms with Crippen molar-refractivity contribution in [2.24, 2.45) is 0 Å². The van der Waals surface area contributed by atoms with Gasteiger partial charge in [0, 0.05) is 12.1 Å². The molecule has 0 fully saturated rings. The summed E-state index contributed by atoms with van der Waals surface area (Å²) in [5.41, 5.74) is 6.36. The van der Waals surface area contributed by atoms with Crippen molar-refractivity contribution in [1.82, 2.24) is 10.3 Å². The quantitative estimate of drug-likeness (QED) is 0.486. The van der Waals surface area contributed by atoms with Crippen LogP contribution in [0.5, 0.6) is 0 Å². The van der Waals surface area contributed by atoms with Gasteiger partial charge in [0.25, 0.3) is 5.91 Å². The summed E-state index contributed by atoms with van der Waals surface area (Å²) in [5, 5.41) is 3.33. The summed E-state index contributed by atoms with van der Waals surface area (Å²) < 4.78 is 5.90. The maximum atomic E-state index is 12.3. The molecule has 0 radical (unpaired) electrons. The van der Waals surface area contributed by atoms with Crippen LogP contribution in [0, 0.1) is 13.8 Å². The molecule has 140 valence electrons. The number of aromatic nitrogens is 1. The zero-order chi connectivity index (χ0) is 19.7. The molecular weight excluding hydrogens is 372 g/mol. The van der Waals surface area contributed by atoms with Crippen LogP contribution in [0.4, 0.5) is 0 Å². The van der Waals surface area contributed by atoms with Gasteiger partial charge in [-0.15, -0.1) is 0 Å². The molecule has 0 atom stereocenters. The first-order valence-corrected chi connectivity index (χ1v) is 9.39. The lowest BCUT2D eigenvalue weighted by Gasteiger charge is -2.07. The van der Waals surface area contributed by atoms with Gasteiger partial charge in [0.1, 0.15) is 5.52 Å². The van der Waals surface area contributed by atoms with E-state index in [0.29, 0.717) is 23.0 Å². The Hall–Kier alpha value is -3.11. The van der Waals surface area contributed by atoms with Crippen LogP contribution in [0.15, 0.2) is 65.1 Å². The van der Waals surface area contributed by atoms with Gasteiger partial charge in [-0.3, -0.25) is 4.79 Å². The Morgan fingerprint density at radius 1 is 1.04 bits per heavy atom. The molecule has 0 saturated heterocycles. The van der Waals surface area contributed by atoms with Gasteiger partial charge in [-0.2, -0.15) is 0 Å². The fraction of sp³-hybridized carbons (Fsp3) is 0.130. The Balaban J connectivity index is 1.48. The lowest BCUT2D eigenvalue weighted by molar-refractivity contribution is 0.0951. The number of aryl methyl sites for hydroxylation is 2. The highest BCUT2D eigenvalue weighted by molar-refractivity contribution is 6.33. The highest BCUT2D eigenvalue weighted by Crippen LogP contribution is 2.26. The summed E-state index contributed by atoms with van der Waals surface area (Å²) in [6, 6.07) is 18.8. The van der Waals surface area contributed by atoms with Crippen LogP contribution in [0.25, 0.3) is 22.6 Å².